The first-order chi connectivity index (χ1) is 12.4. The lowest BCUT2D eigenvalue weighted by Crippen LogP contribution is -2.35. The monoisotopic (exact) mass is 367 g/mol. The van der Waals surface area contributed by atoms with E-state index < -0.39 is 11.9 Å². The number of aliphatic carboxylic acids is 2. The highest BCUT2D eigenvalue weighted by Gasteiger charge is 2.26. The van der Waals surface area contributed by atoms with Gasteiger partial charge in [-0.05, 0) is 81.3 Å². The summed E-state index contributed by atoms with van der Waals surface area (Å²) >= 11 is 0. The molecule has 2 fully saturated rings. The van der Waals surface area contributed by atoms with E-state index in [1.807, 2.05) is 0 Å². The molecule has 2 aliphatic rings. The molecular weight excluding hydrogens is 341 g/mol. The molecule has 1 aromatic rings. The molecule has 0 aromatic heterocycles. The van der Waals surface area contributed by atoms with Crippen molar-refractivity contribution >= 4 is 11.9 Å². The van der Waals surface area contributed by atoms with Crippen molar-refractivity contribution in [3.63, 3.8) is 0 Å². The van der Waals surface area contributed by atoms with Crippen LogP contribution >= 0.6 is 0 Å². The highest BCUT2D eigenvalue weighted by atomic mass is 19.1. The van der Waals surface area contributed by atoms with E-state index in [4.69, 9.17) is 24.5 Å². The third-order valence-corrected chi connectivity index (χ3v) is 4.71. The van der Waals surface area contributed by atoms with Gasteiger partial charge in [0.05, 0.1) is 6.61 Å². The number of hydrogen-bond donors (Lipinski definition) is 2. The Morgan fingerprint density at radius 2 is 1.58 bits per heavy atom. The van der Waals surface area contributed by atoms with Crippen LogP contribution in [-0.2, 0) is 9.59 Å². The van der Waals surface area contributed by atoms with Crippen LogP contribution in [0.4, 0.5) is 4.39 Å². The second-order valence-corrected chi connectivity index (χ2v) is 6.89. The van der Waals surface area contributed by atoms with Crippen LogP contribution in [-0.4, -0.2) is 53.3 Å². The molecule has 2 N–H and O–H groups in total. The molecule has 1 aromatic carbocycles. The molecule has 26 heavy (non-hydrogen) atoms. The second-order valence-electron chi connectivity index (χ2n) is 6.89. The summed E-state index contributed by atoms with van der Waals surface area (Å²) in [5.74, 6) is -1.28. The molecule has 144 valence electrons. The van der Waals surface area contributed by atoms with Gasteiger partial charge in [0.2, 0.25) is 0 Å². The lowest BCUT2D eigenvalue weighted by Gasteiger charge is -2.31. The Balaban J connectivity index is 0.000000352. The van der Waals surface area contributed by atoms with Crippen LogP contribution in [0.1, 0.15) is 32.1 Å². The highest BCUT2D eigenvalue weighted by molar-refractivity contribution is 6.27. The molecule has 1 saturated carbocycles. The summed E-state index contributed by atoms with van der Waals surface area (Å²) in [6.45, 7) is 4.60. The van der Waals surface area contributed by atoms with Crippen molar-refractivity contribution in [3.05, 3.63) is 30.1 Å². The Bertz CT molecular complexity index is 568. The van der Waals surface area contributed by atoms with Crippen molar-refractivity contribution in [2.45, 2.75) is 32.1 Å². The van der Waals surface area contributed by atoms with Crippen molar-refractivity contribution in [2.75, 3.05) is 26.2 Å². The molecule has 0 unspecified atom stereocenters. The minimum atomic E-state index is -1.82. The van der Waals surface area contributed by atoms with Gasteiger partial charge in [0, 0.05) is 6.54 Å². The van der Waals surface area contributed by atoms with Gasteiger partial charge in [-0.25, -0.2) is 14.0 Å². The van der Waals surface area contributed by atoms with Crippen LogP contribution in [0.25, 0.3) is 0 Å². The van der Waals surface area contributed by atoms with E-state index in [2.05, 4.69) is 4.90 Å². The summed E-state index contributed by atoms with van der Waals surface area (Å²) in [7, 11) is 0. The molecule has 1 saturated heterocycles. The fourth-order valence-corrected chi connectivity index (χ4v) is 3.00. The number of halogens is 1. The summed E-state index contributed by atoms with van der Waals surface area (Å²) < 4.78 is 18.5. The van der Waals surface area contributed by atoms with Crippen LogP contribution in [0.2, 0.25) is 0 Å². The Kier molecular flexibility index (Phi) is 7.84. The highest BCUT2D eigenvalue weighted by Crippen LogP contribution is 2.31. The maximum Gasteiger partial charge on any atom is 0.414 e. The maximum atomic E-state index is 12.8. The minimum Gasteiger partial charge on any atom is -0.494 e. The molecule has 6 nitrogen and oxygen atoms in total. The molecule has 0 radical (unpaired) electrons. The fourth-order valence-electron chi connectivity index (χ4n) is 3.00. The molecule has 1 aliphatic carbocycles. The summed E-state index contributed by atoms with van der Waals surface area (Å²) in [4.78, 5) is 20.8. The number of carboxylic acids is 2. The van der Waals surface area contributed by atoms with E-state index in [1.165, 1.54) is 57.5 Å². The van der Waals surface area contributed by atoms with Gasteiger partial charge in [0.25, 0.3) is 0 Å². The first kappa shape index (κ1) is 20.2. The van der Waals surface area contributed by atoms with E-state index in [9.17, 15) is 4.39 Å². The quantitative estimate of drug-likeness (QED) is 0.752. The molecule has 7 heteroatoms. The van der Waals surface area contributed by atoms with Gasteiger partial charge in [0.15, 0.2) is 0 Å². The summed E-state index contributed by atoms with van der Waals surface area (Å²) in [6, 6.07) is 6.30. The van der Waals surface area contributed by atoms with Crippen molar-refractivity contribution < 1.29 is 28.9 Å². The van der Waals surface area contributed by atoms with Crippen molar-refractivity contribution in [1.29, 1.82) is 0 Å². The van der Waals surface area contributed by atoms with Crippen LogP contribution in [0, 0.1) is 17.7 Å². The van der Waals surface area contributed by atoms with E-state index in [0.717, 1.165) is 30.6 Å². The number of ether oxygens (including phenoxy) is 1. The smallest absolute Gasteiger partial charge is 0.414 e. The number of nitrogens with zero attached hydrogens (tertiary/aromatic N) is 1. The zero-order valence-corrected chi connectivity index (χ0v) is 14.8. The Labute approximate surface area is 152 Å². The topological polar surface area (TPSA) is 87.1 Å². The minimum absolute atomic E-state index is 0.208. The Hall–Kier alpha value is -2.15. The number of benzene rings is 1. The van der Waals surface area contributed by atoms with E-state index in [1.54, 1.807) is 12.1 Å². The van der Waals surface area contributed by atoms with E-state index >= 15 is 0 Å². The molecular formula is C19H26FNO5. The standard InChI is InChI=1S/C17H24FNO.C2H2O4/c18-16-3-5-17(6-4-16)20-12-9-14-7-10-19(11-8-14)13-15-1-2-15;3-1(4)2(5)6/h3-6,14-15H,1-2,7-13H2;(H,3,4)(H,5,6). The number of carboxylic acid groups (broad SMARTS) is 2. The largest absolute Gasteiger partial charge is 0.494 e. The molecule has 0 spiro atoms. The van der Waals surface area contributed by atoms with Gasteiger partial charge in [-0.1, -0.05) is 0 Å². The van der Waals surface area contributed by atoms with Crippen LogP contribution in [0.15, 0.2) is 24.3 Å². The molecule has 1 heterocycles. The zero-order valence-electron chi connectivity index (χ0n) is 14.8. The first-order valence-electron chi connectivity index (χ1n) is 9.01. The number of hydrogen-bond acceptors (Lipinski definition) is 4. The van der Waals surface area contributed by atoms with Crippen LogP contribution in [0.5, 0.6) is 5.75 Å². The van der Waals surface area contributed by atoms with Crippen LogP contribution < -0.4 is 4.74 Å². The molecule has 0 bridgehead atoms. The van der Waals surface area contributed by atoms with Crippen LogP contribution in [0.3, 0.4) is 0 Å². The summed E-state index contributed by atoms with van der Waals surface area (Å²) in [6.07, 6.45) is 6.63. The molecule has 0 atom stereocenters. The predicted molar refractivity (Wildman–Crippen MR) is 93.7 cm³/mol. The van der Waals surface area contributed by atoms with Gasteiger partial charge in [-0.3, -0.25) is 0 Å². The molecule has 1 aliphatic heterocycles. The molecule has 0 amide bonds. The number of rotatable bonds is 6. The van der Waals surface area contributed by atoms with E-state index in [-0.39, 0.29) is 5.82 Å². The average Bonchev–Trinajstić information content (AvgIpc) is 3.43. The Morgan fingerprint density at radius 3 is 2.08 bits per heavy atom. The van der Waals surface area contributed by atoms with Gasteiger partial charge in [-0.2, -0.15) is 0 Å². The van der Waals surface area contributed by atoms with Gasteiger partial charge in [-0.15, -0.1) is 0 Å². The second kappa shape index (κ2) is 10.1. The van der Waals surface area contributed by atoms with Crippen molar-refractivity contribution in [2.24, 2.45) is 11.8 Å². The summed E-state index contributed by atoms with van der Waals surface area (Å²) in [5.41, 5.74) is 0. The Morgan fingerprint density at radius 1 is 1.00 bits per heavy atom. The fraction of sp³-hybridized carbons (Fsp3) is 0.579. The lowest BCUT2D eigenvalue weighted by atomic mass is 9.94. The summed E-state index contributed by atoms with van der Waals surface area (Å²) in [5, 5.41) is 14.8. The predicted octanol–water partition coefficient (Wildman–Crippen LogP) is 2.87. The third kappa shape index (κ3) is 7.82. The maximum absolute atomic E-state index is 12.8. The van der Waals surface area contributed by atoms with Gasteiger partial charge < -0.3 is 19.8 Å². The van der Waals surface area contributed by atoms with Crippen molar-refractivity contribution in [3.8, 4) is 5.75 Å². The van der Waals surface area contributed by atoms with E-state index in [0.29, 0.717) is 0 Å². The number of piperidine rings is 1. The molecule has 3 rings (SSSR count). The number of likely N-dealkylation sites (tertiary alicyclic amines) is 1. The zero-order chi connectivity index (χ0) is 18.9. The SMILES string of the molecule is Fc1ccc(OCCC2CCN(CC3CC3)CC2)cc1.O=C(O)C(=O)O. The third-order valence-electron chi connectivity index (χ3n) is 4.71. The van der Waals surface area contributed by atoms with Gasteiger partial charge in [0.1, 0.15) is 11.6 Å². The van der Waals surface area contributed by atoms with Gasteiger partial charge >= 0.3 is 11.9 Å². The average molecular weight is 367 g/mol. The van der Waals surface area contributed by atoms with Crippen molar-refractivity contribution in [1.82, 2.24) is 4.90 Å². The number of carbonyl (C=O) groups is 2. The lowest BCUT2D eigenvalue weighted by molar-refractivity contribution is -0.159. The first-order valence-corrected chi connectivity index (χ1v) is 9.01. The normalized spacial score (nSPS) is 17.9.